The van der Waals surface area contributed by atoms with Crippen molar-refractivity contribution >= 4 is 21.7 Å². The van der Waals surface area contributed by atoms with E-state index >= 15 is 0 Å². The van der Waals surface area contributed by atoms with Crippen molar-refractivity contribution < 1.29 is 36.2 Å². The van der Waals surface area contributed by atoms with E-state index in [9.17, 15) is 26.4 Å². The standard InChI is InChI=1S/C19H20F3NO5S/c1-12(2)23(29(3,26)27)16-9-8-15(19(20,21)22)10-17(16)28-11-13-4-6-14(7-5-13)18(24)25/h4-10,12H,11H2,1-3H3,(H,24,25). The maximum absolute atomic E-state index is 13.1. The van der Waals surface area contributed by atoms with Gasteiger partial charge in [-0.05, 0) is 49.7 Å². The van der Waals surface area contributed by atoms with Crippen molar-refractivity contribution in [1.82, 2.24) is 0 Å². The molecule has 0 saturated heterocycles. The molecule has 29 heavy (non-hydrogen) atoms. The molecular formula is C19H20F3NO5S. The third kappa shape index (κ3) is 5.63. The first kappa shape index (κ1) is 22.5. The molecule has 158 valence electrons. The highest BCUT2D eigenvalue weighted by atomic mass is 32.2. The zero-order chi connectivity index (χ0) is 22.0. The van der Waals surface area contributed by atoms with Crippen LogP contribution in [0.3, 0.4) is 0 Å². The monoisotopic (exact) mass is 431 g/mol. The number of nitrogens with zero attached hydrogens (tertiary/aromatic N) is 1. The van der Waals surface area contributed by atoms with Gasteiger partial charge < -0.3 is 9.84 Å². The van der Waals surface area contributed by atoms with Crippen LogP contribution in [-0.2, 0) is 22.8 Å². The van der Waals surface area contributed by atoms with Crippen LogP contribution in [0, 0.1) is 0 Å². The van der Waals surface area contributed by atoms with Crippen LogP contribution in [0.4, 0.5) is 18.9 Å². The minimum Gasteiger partial charge on any atom is -0.487 e. The predicted octanol–water partition coefficient (Wildman–Crippen LogP) is 4.16. The van der Waals surface area contributed by atoms with Crippen molar-refractivity contribution in [1.29, 1.82) is 0 Å². The van der Waals surface area contributed by atoms with E-state index in [1.54, 1.807) is 13.8 Å². The Kier molecular flexibility index (Phi) is 6.46. The average molecular weight is 431 g/mol. The summed E-state index contributed by atoms with van der Waals surface area (Å²) in [7, 11) is -3.78. The number of alkyl halides is 3. The Morgan fingerprint density at radius 1 is 1.14 bits per heavy atom. The number of sulfonamides is 1. The Morgan fingerprint density at radius 2 is 1.72 bits per heavy atom. The Hall–Kier alpha value is -2.75. The number of benzene rings is 2. The largest absolute Gasteiger partial charge is 0.487 e. The molecule has 0 radical (unpaired) electrons. The lowest BCUT2D eigenvalue weighted by atomic mass is 10.1. The molecule has 0 fully saturated rings. The minimum absolute atomic E-state index is 0.0161. The number of carboxylic acids is 1. The molecule has 0 atom stereocenters. The van der Waals surface area contributed by atoms with Gasteiger partial charge in [0.05, 0.1) is 23.1 Å². The smallest absolute Gasteiger partial charge is 0.416 e. The van der Waals surface area contributed by atoms with Gasteiger partial charge in [0.2, 0.25) is 10.0 Å². The fourth-order valence-electron chi connectivity index (χ4n) is 2.73. The maximum Gasteiger partial charge on any atom is 0.416 e. The summed E-state index contributed by atoms with van der Waals surface area (Å²) in [5.41, 5.74) is -0.433. The van der Waals surface area contributed by atoms with E-state index in [0.29, 0.717) is 5.56 Å². The fraction of sp³-hybridized carbons (Fsp3) is 0.316. The first-order chi connectivity index (χ1) is 13.3. The summed E-state index contributed by atoms with van der Waals surface area (Å²) in [4.78, 5) is 10.9. The highest BCUT2D eigenvalue weighted by molar-refractivity contribution is 7.92. The van der Waals surface area contributed by atoms with Gasteiger partial charge in [-0.25, -0.2) is 13.2 Å². The summed E-state index contributed by atoms with van der Waals surface area (Å²) < 4.78 is 70.3. The van der Waals surface area contributed by atoms with Gasteiger partial charge in [-0.1, -0.05) is 12.1 Å². The summed E-state index contributed by atoms with van der Waals surface area (Å²) in [6, 6.07) is 7.66. The second kappa shape index (κ2) is 8.32. The topological polar surface area (TPSA) is 83.9 Å². The van der Waals surface area contributed by atoms with Gasteiger partial charge in [-0.15, -0.1) is 0 Å². The molecule has 0 amide bonds. The van der Waals surface area contributed by atoms with E-state index in [-0.39, 0.29) is 23.6 Å². The van der Waals surface area contributed by atoms with Crippen LogP contribution >= 0.6 is 0 Å². The summed E-state index contributed by atoms with van der Waals surface area (Å²) in [5.74, 6) is -1.36. The van der Waals surface area contributed by atoms with Gasteiger partial charge in [0.25, 0.3) is 0 Å². The molecule has 0 saturated carbocycles. The van der Waals surface area contributed by atoms with Crippen LogP contribution in [0.5, 0.6) is 5.75 Å². The normalized spacial score (nSPS) is 12.1. The van der Waals surface area contributed by atoms with Gasteiger partial charge in [0.1, 0.15) is 12.4 Å². The van der Waals surface area contributed by atoms with Crippen LogP contribution < -0.4 is 9.04 Å². The molecule has 0 spiro atoms. The van der Waals surface area contributed by atoms with Crippen LogP contribution in [0.25, 0.3) is 0 Å². The SMILES string of the molecule is CC(C)N(c1ccc(C(F)(F)F)cc1OCc1ccc(C(=O)O)cc1)S(C)(=O)=O. The number of halogens is 3. The number of hydrogen-bond donors (Lipinski definition) is 1. The maximum atomic E-state index is 13.1. The molecule has 0 bridgehead atoms. The number of hydrogen-bond acceptors (Lipinski definition) is 4. The van der Waals surface area contributed by atoms with Crippen molar-refractivity contribution in [3.8, 4) is 5.75 Å². The highest BCUT2D eigenvalue weighted by Gasteiger charge is 2.33. The van der Waals surface area contributed by atoms with Gasteiger partial charge in [-0.2, -0.15) is 13.2 Å². The molecule has 0 heterocycles. The summed E-state index contributed by atoms with van der Waals surface area (Å²) in [6.07, 6.45) is -3.67. The molecule has 2 aromatic carbocycles. The minimum atomic E-state index is -4.63. The molecule has 2 rings (SSSR count). The Bertz CT molecular complexity index is 986. The van der Waals surface area contributed by atoms with Crippen molar-refractivity contribution in [3.63, 3.8) is 0 Å². The predicted molar refractivity (Wildman–Crippen MR) is 102 cm³/mol. The second-order valence-electron chi connectivity index (χ2n) is 6.62. The molecule has 2 aromatic rings. The zero-order valence-electron chi connectivity index (χ0n) is 15.9. The summed E-state index contributed by atoms with van der Waals surface area (Å²) >= 11 is 0. The van der Waals surface area contributed by atoms with Crippen molar-refractivity contribution in [2.24, 2.45) is 0 Å². The quantitative estimate of drug-likeness (QED) is 0.712. The number of carbonyl (C=O) groups is 1. The van der Waals surface area contributed by atoms with Crippen LogP contribution in [0.2, 0.25) is 0 Å². The lowest BCUT2D eigenvalue weighted by Gasteiger charge is -2.28. The third-order valence-electron chi connectivity index (χ3n) is 3.95. The number of anilines is 1. The van der Waals surface area contributed by atoms with E-state index in [1.165, 1.54) is 24.3 Å². The molecule has 6 nitrogen and oxygen atoms in total. The van der Waals surface area contributed by atoms with E-state index in [4.69, 9.17) is 9.84 Å². The number of carboxylic acid groups (broad SMARTS) is 1. The van der Waals surface area contributed by atoms with Crippen LogP contribution in [-0.4, -0.2) is 31.8 Å². The highest BCUT2D eigenvalue weighted by Crippen LogP contribution is 2.38. The Balaban J connectivity index is 2.44. The summed E-state index contributed by atoms with van der Waals surface area (Å²) in [5, 5.41) is 8.92. The van der Waals surface area contributed by atoms with Crippen molar-refractivity contribution in [2.75, 3.05) is 10.6 Å². The van der Waals surface area contributed by atoms with Crippen LogP contribution in [0.15, 0.2) is 42.5 Å². The zero-order valence-corrected chi connectivity index (χ0v) is 16.7. The van der Waals surface area contributed by atoms with Gasteiger partial charge in [-0.3, -0.25) is 4.31 Å². The molecule has 0 aliphatic heterocycles. The van der Waals surface area contributed by atoms with E-state index in [1.807, 2.05) is 0 Å². The molecule has 0 unspecified atom stereocenters. The lowest BCUT2D eigenvalue weighted by Crippen LogP contribution is -2.36. The van der Waals surface area contributed by atoms with Gasteiger partial charge >= 0.3 is 12.1 Å². The molecule has 1 N–H and O–H groups in total. The van der Waals surface area contributed by atoms with Crippen LogP contribution in [0.1, 0.15) is 35.3 Å². The van der Waals surface area contributed by atoms with Gasteiger partial charge in [0.15, 0.2) is 0 Å². The average Bonchev–Trinajstić information content (AvgIpc) is 2.58. The van der Waals surface area contributed by atoms with Gasteiger partial charge in [0, 0.05) is 6.04 Å². The second-order valence-corrected chi connectivity index (χ2v) is 8.48. The fourth-order valence-corrected chi connectivity index (χ4v) is 4.01. The number of ether oxygens (including phenoxy) is 1. The van der Waals surface area contributed by atoms with E-state index in [2.05, 4.69) is 0 Å². The van der Waals surface area contributed by atoms with E-state index in [0.717, 1.165) is 28.8 Å². The molecular weight excluding hydrogens is 411 g/mol. The first-order valence-corrected chi connectivity index (χ1v) is 10.3. The van der Waals surface area contributed by atoms with E-state index < -0.39 is 33.8 Å². The third-order valence-corrected chi connectivity index (χ3v) is 5.28. The Labute approximate surface area is 166 Å². The molecule has 10 heteroatoms. The summed E-state index contributed by atoms with van der Waals surface area (Å²) in [6.45, 7) is 3.00. The van der Waals surface area contributed by atoms with Crippen molar-refractivity contribution in [2.45, 2.75) is 32.7 Å². The first-order valence-electron chi connectivity index (χ1n) is 8.46. The molecule has 0 aliphatic rings. The lowest BCUT2D eigenvalue weighted by molar-refractivity contribution is -0.137. The molecule has 0 aromatic heterocycles. The van der Waals surface area contributed by atoms with Crippen molar-refractivity contribution in [3.05, 3.63) is 59.2 Å². The number of aromatic carboxylic acids is 1. The Morgan fingerprint density at radius 3 is 2.17 bits per heavy atom. The molecule has 0 aliphatic carbocycles. The number of rotatable bonds is 7.